The van der Waals surface area contributed by atoms with Crippen molar-refractivity contribution < 1.29 is 42.9 Å². The Morgan fingerprint density at radius 2 is 1.48 bits per heavy atom. The van der Waals surface area contributed by atoms with Crippen molar-refractivity contribution in [3.63, 3.8) is 0 Å². The van der Waals surface area contributed by atoms with Gasteiger partial charge < -0.3 is 23.7 Å². The van der Waals surface area contributed by atoms with Gasteiger partial charge in [-0.05, 0) is 6.92 Å². The largest absolute Gasteiger partial charge is 0.463 e. The fraction of sp³-hybridized carbons (Fsp3) is 0.714. The normalized spacial score (nSPS) is 29.5. The first-order valence-corrected chi connectivity index (χ1v) is 6.89. The van der Waals surface area contributed by atoms with Crippen LogP contribution in [0.25, 0.3) is 0 Å². The Balaban J connectivity index is 3.11. The molecule has 23 heavy (non-hydrogen) atoms. The molecule has 4 atom stereocenters. The third-order valence-electron chi connectivity index (χ3n) is 3.05. The van der Waals surface area contributed by atoms with Crippen LogP contribution in [0, 0.1) is 0 Å². The predicted octanol–water partition coefficient (Wildman–Crippen LogP) is 0.0910. The van der Waals surface area contributed by atoms with Gasteiger partial charge in [0.2, 0.25) is 11.9 Å². The lowest BCUT2D eigenvalue weighted by Gasteiger charge is -2.32. The van der Waals surface area contributed by atoms with Crippen LogP contribution in [0.1, 0.15) is 34.6 Å². The van der Waals surface area contributed by atoms with Crippen molar-refractivity contribution in [1.82, 2.24) is 0 Å². The maximum Gasteiger partial charge on any atom is 0.305 e. The molecule has 0 saturated carbocycles. The molecule has 0 radical (unpaired) electrons. The van der Waals surface area contributed by atoms with Gasteiger partial charge in [0.25, 0.3) is 0 Å². The lowest BCUT2D eigenvalue weighted by atomic mass is 9.97. The van der Waals surface area contributed by atoms with Crippen molar-refractivity contribution in [2.24, 2.45) is 0 Å². The quantitative estimate of drug-likeness (QED) is 0.510. The monoisotopic (exact) mass is 332 g/mol. The maximum absolute atomic E-state index is 11.4. The van der Waals surface area contributed by atoms with Crippen LogP contribution in [0.15, 0.2) is 0 Å². The van der Waals surface area contributed by atoms with Crippen LogP contribution in [0.4, 0.5) is 0 Å². The fourth-order valence-corrected chi connectivity index (χ4v) is 2.28. The zero-order valence-corrected chi connectivity index (χ0v) is 13.6. The molecule has 1 aliphatic rings. The van der Waals surface area contributed by atoms with Gasteiger partial charge in [-0.1, -0.05) is 0 Å². The van der Waals surface area contributed by atoms with Crippen LogP contribution in [0.5, 0.6) is 0 Å². The fourth-order valence-electron chi connectivity index (χ4n) is 2.28. The number of carbonyl (C=O) groups excluding carboxylic acids is 4. The van der Waals surface area contributed by atoms with E-state index in [1.54, 1.807) is 0 Å². The zero-order valence-electron chi connectivity index (χ0n) is 13.6. The summed E-state index contributed by atoms with van der Waals surface area (Å²) < 4.78 is 25.7. The number of carbonyl (C=O) groups is 4. The SMILES string of the molecule is CC(=O)OCC1OC(OC(C)=O)C(C)(OC(C)=O)C1OC(C)=O. The summed E-state index contributed by atoms with van der Waals surface area (Å²) in [6, 6.07) is 0. The Bertz CT molecular complexity index is 500. The van der Waals surface area contributed by atoms with Crippen molar-refractivity contribution in [3.8, 4) is 0 Å². The molecule has 1 heterocycles. The first kappa shape index (κ1) is 18.9. The molecule has 0 aliphatic carbocycles. The Kier molecular flexibility index (Phi) is 6.08. The second-order valence-corrected chi connectivity index (χ2v) is 5.23. The molecule has 0 aromatic heterocycles. The molecule has 1 rings (SSSR count). The van der Waals surface area contributed by atoms with E-state index in [9.17, 15) is 19.2 Å². The summed E-state index contributed by atoms with van der Waals surface area (Å²) in [6.45, 7) is 5.81. The average molecular weight is 332 g/mol. The molecule has 0 aromatic rings. The second-order valence-electron chi connectivity index (χ2n) is 5.23. The third kappa shape index (κ3) is 4.92. The maximum atomic E-state index is 11.4. The Labute approximate surface area is 133 Å². The van der Waals surface area contributed by atoms with E-state index in [1.807, 2.05) is 0 Å². The highest BCUT2D eigenvalue weighted by molar-refractivity contribution is 5.69. The lowest BCUT2D eigenvalue weighted by molar-refractivity contribution is -0.219. The third-order valence-corrected chi connectivity index (χ3v) is 3.05. The minimum Gasteiger partial charge on any atom is -0.463 e. The van der Waals surface area contributed by atoms with Gasteiger partial charge in [-0.2, -0.15) is 0 Å². The molecule has 0 amide bonds. The van der Waals surface area contributed by atoms with Crippen molar-refractivity contribution in [3.05, 3.63) is 0 Å². The molecule has 0 aromatic carbocycles. The van der Waals surface area contributed by atoms with Crippen LogP contribution in [0.2, 0.25) is 0 Å². The van der Waals surface area contributed by atoms with Crippen molar-refractivity contribution in [2.75, 3.05) is 6.61 Å². The second kappa shape index (κ2) is 7.40. The summed E-state index contributed by atoms with van der Waals surface area (Å²) in [7, 11) is 0. The number of esters is 4. The number of rotatable bonds is 5. The van der Waals surface area contributed by atoms with Crippen LogP contribution in [-0.2, 0) is 42.9 Å². The van der Waals surface area contributed by atoms with Crippen LogP contribution in [0.3, 0.4) is 0 Å². The van der Waals surface area contributed by atoms with Gasteiger partial charge in [0.15, 0.2) is 6.10 Å². The zero-order chi connectivity index (χ0) is 17.8. The predicted molar refractivity (Wildman–Crippen MR) is 72.8 cm³/mol. The minimum atomic E-state index is -1.58. The number of hydrogen-bond donors (Lipinski definition) is 0. The van der Waals surface area contributed by atoms with E-state index < -0.39 is 48.0 Å². The standard InChI is InChI=1S/C14H20O9/c1-7(15)19-6-11-12(20-8(2)16)14(5,23-10(4)18)13(22-11)21-9(3)17/h11-13H,6H2,1-5H3. The molecular formula is C14H20O9. The van der Waals surface area contributed by atoms with Crippen molar-refractivity contribution >= 4 is 23.9 Å². The van der Waals surface area contributed by atoms with Crippen LogP contribution >= 0.6 is 0 Å². The van der Waals surface area contributed by atoms with Gasteiger partial charge in [-0.15, -0.1) is 0 Å². The molecule has 0 spiro atoms. The first-order valence-electron chi connectivity index (χ1n) is 6.89. The highest BCUT2D eigenvalue weighted by atomic mass is 16.8. The van der Waals surface area contributed by atoms with Gasteiger partial charge in [0.05, 0.1) is 0 Å². The average Bonchev–Trinajstić information content (AvgIpc) is 2.59. The van der Waals surface area contributed by atoms with Crippen LogP contribution < -0.4 is 0 Å². The highest BCUT2D eigenvalue weighted by Crippen LogP contribution is 2.37. The summed E-state index contributed by atoms with van der Waals surface area (Å²) in [6.07, 6.45) is -3.39. The number of ether oxygens (including phenoxy) is 5. The lowest BCUT2D eigenvalue weighted by Crippen LogP contribution is -2.52. The first-order chi connectivity index (χ1) is 10.6. The van der Waals surface area contributed by atoms with Crippen molar-refractivity contribution in [2.45, 2.75) is 58.7 Å². The molecule has 130 valence electrons. The van der Waals surface area contributed by atoms with Gasteiger partial charge in [0.1, 0.15) is 12.7 Å². The van der Waals surface area contributed by atoms with E-state index in [0.29, 0.717) is 0 Å². The summed E-state index contributed by atoms with van der Waals surface area (Å²) in [4.78, 5) is 45.0. The minimum absolute atomic E-state index is 0.262. The summed E-state index contributed by atoms with van der Waals surface area (Å²) >= 11 is 0. The summed E-state index contributed by atoms with van der Waals surface area (Å²) in [5.41, 5.74) is -1.58. The van der Waals surface area contributed by atoms with Gasteiger partial charge in [-0.3, -0.25) is 19.2 Å². The Hall–Kier alpha value is -2.16. The molecule has 4 unspecified atom stereocenters. The molecule has 9 heteroatoms. The molecule has 9 nitrogen and oxygen atoms in total. The summed E-state index contributed by atoms with van der Waals surface area (Å²) in [5, 5.41) is 0. The molecule has 0 N–H and O–H groups in total. The smallest absolute Gasteiger partial charge is 0.305 e. The van der Waals surface area contributed by atoms with E-state index >= 15 is 0 Å². The highest BCUT2D eigenvalue weighted by Gasteiger charge is 2.60. The number of hydrogen-bond acceptors (Lipinski definition) is 9. The summed E-state index contributed by atoms with van der Waals surface area (Å²) in [5.74, 6) is -2.59. The Morgan fingerprint density at radius 3 is 1.91 bits per heavy atom. The topological polar surface area (TPSA) is 114 Å². The van der Waals surface area contributed by atoms with Gasteiger partial charge in [-0.25, -0.2) is 0 Å². The van der Waals surface area contributed by atoms with Crippen LogP contribution in [-0.4, -0.2) is 54.6 Å². The molecular weight excluding hydrogens is 312 g/mol. The van der Waals surface area contributed by atoms with E-state index in [4.69, 9.17) is 23.7 Å². The van der Waals surface area contributed by atoms with E-state index in [1.165, 1.54) is 13.8 Å². The van der Waals surface area contributed by atoms with E-state index in [-0.39, 0.29) is 6.61 Å². The van der Waals surface area contributed by atoms with Crippen molar-refractivity contribution in [1.29, 1.82) is 0 Å². The molecule has 1 fully saturated rings. The Morgan fingerprint density at radius 1 is 0.913 bits per heavy atom. The van der Waals surface area contributed by atoms with Gasteiger partial charge in [0, 0.05) is 27.7 Å². The molecule has 0 bridgehead atoms. The van der Waals surface area contributed by atoms with E-state index in [2.05, 4.69) is 0 Å². The molecule has 1 saturated heterocycles. The van der Waals surface area contributed by atoms with Gasteiger partial charge >= 0.3 is 23.9 Å². The van der Waals surface area contributed by atoms with E-state index in [0.717, 1.165) is 20.8 Å². The molecule has 1 aliphatic heterocycles.